The Morgan fingerprint density at radius 1 is 1.38 bits per heavy atom. The number of hydrogen-bond acceptors (Lipinski definition) is 4. The fourth-order valence-electron chi connectivity index (χ4n) is 2.48. The molecule has 3 rings (SSSR count). The van der Waals surface area contributed by atoms with Crippen molar-refractivity contribution in [2.75, 3.05) is 18.4 Å². The monoisotopic (exact) mass is 299 g/mol. The second-order valence-corrected chi connectivity index (χ2v) is 5.30. The highest BCUT2D eigenvalue weighted by molar-refractivity contribution is 5.56. The smallest absolute Gasteiger partial charge is 0.366 e. The van der Waals surface area contributed by atoms with E-state index in [1.807, 2.05) is 6.92 Å². The number of halogens is 3. The number of alkyl halides is 3. The molecule has 2 aromatic heterocycles. The van der Waals surface area contributed by atoms with E-state index in [0.717, 1.165) is 31.1 Å². The lowest BCUT2D eigenvalue weighted by molar-refractivity contribution is -0.141. The van der Waals surface area contributed by atoms with E-state index in [1.54, 1.807) is 6.92 Å². The summed E-state index contributed by atoms with van der Waals surface area (Å²) in [4.78, 5) is 4.19. The molecule has 0 bridgehead atoms. The zero-order valence-corrected chi connectivity index (χ0v) is 11.8. The predicted octanol–water partition coefficient (Wildman–Crippen LogP) is 2.14. The minimum Gasteiger partial charge on any atom is -0.366 e. The van der Waals surface area contributed by atoms with Crippen molar-refractivity contribution < 1.29 is 13.2 Å². The normalized spacial score (nSPS) is 19.4. The van der Waals surface area contributed by atoms with Gasteiger partial charge in [-0.1, -0.05) is 0 Å². The maximum atomic E-state index is 12.8. The Hall–Kier alpha value is -1.83. The first-order chi connectivity index (χ1) is 9.86. The molecule has 2 aromatic rings. The minimum absolute atomic E-state index is 0.187. The van der Waals surface area contributed by atoms with Gasteiger partial charge in [0.2, 0.25) is 0 Å². The van der Waals surface area contributed by atoms with Gasteiger partial charge >= 0.3 is 6.18 Å². The van der Waals surface area contributed by atoms with Crippen molar-refractivity contribution in [3.05, 3.63) is 23.0 Å². The van der Waals surface area contributed by atoms with Crippen LogP contribution in [0.15, 0.2) is 6.07 Å². The maximum absolute atomic E-state index is 12.8. The Morgan fingerprint density at radius 3 is 2.76 bits per heavy atom. The van der Waals surface area contributed by atoms with E-state index in [-0.39, 0.29) is 11.7 Å². The van der Waals surface area contributed by atoms with Gasteiger partial charge in [-0.15, -0.1) is 0 Å². The number of fused-ring (bicyclic) bond motifs is 1. The van der Waals surface area contributed by atoms with E-state index in [9.17, 15) is 13.2 Å². The zero-order valence-electron chi connectivity index (χ0n) is 11.8. The lowest BCUT2D eigenvalue weighted by atomic mass is 10.2. The number of rotatable bonds is 2. The molecule has 0 aromatic carbocycles. The lowest BCUT2D eigenvalue weighted by Gasteiger charge is -2.17. The fraction of sp³-hybridized carbons (Fsp3) is 0.538. The summed E-state index contributed by atoms with van der Waals surface area (Å²) in [6, 6.07) is 1.16. The topological polar surface area (TPSA) is 54.2 Å². The predicted molar refractivity (Wildman–Crippen MR) is 72.4 cm³/mol. The molecule has 0 saturated carbocycles. The average Bonchev–Trinajstić information content (AvgIpc) is 3.02. The summed E-state index contributed by atoms with van der Waals surface area (Å²) in [5.41, 5.74) is 0.794. The number of nitrogens with zero attached hydrogens (tertiary/aromatic N) is 3. The van der Waals surface area contributed by atoms with E-state index < -0.39 is 11.9 Å². The lowest BCUT2D eigenvalue weighted by Crippen LogP contribution is -2.24. The van der Waals surface area contributed by atoms with Crippen LogP contribution in [0.3, 0.4) is 0 Å². The second kappa shape index (κ2) is 4.87. The average molecular weight is 299 g/mol. The van der Waals surface area contributed by atoms with Gasteiger partial charge in [0.15, 0.2) is 11.3 Å². The minimum atomic E-state index is -4.47. The summed E-state index contributed by atoms with van der Waals surface area (Å²) in [6.45, 7) is 5.31. The molecule has 1 saturated heterocycles. The molecule has 0 amide bonds. The summed E-state index contributed by atoms with van der Waals surface area (Å²) < 4.78 is 39.7. The van der Waals surface area contributed by atoms with E-state index in [4.69, 9.17) is 0 Å². The van der Waals surface area contributed by atoms with E-state index in [0.29, 0.717) is 11.5 Å². The van der Waals surface area contributed by atoms with Crippen LogP contribution in [0.25, 0.3) is 5.65 Å². The van der Waals surface area contributed by atoms with Crippen molar-refractivity contribution >= 4 is 11.5 Å². The van der Waals surface area contributed by atoms with Crippen molar-refractivity contribution in [2.45, 2.75) is 32.5 Å². The largest absolute Gasteiger partial charge is 0.435 e. The molecule has 114 valence electrons. The number of hydrogen-bond donors (Lipinski definition) is 2. The standard InChI is InChI=1S/C13H16F3N5/c1-7-8(2)18-11-5-10(13(14,15)16)20-21(11)12(7)19-9-3-4-17-6-9/h5,9,17,19H,3-4,6H2,1-2H3. The van der Waals surface area contributed by atoms with Gasteiger partial charge in [-0.25, -0.2) is 4.98 Å². The first-order valence-corrected chi connectivity index (χ1v) is 6.77. The molecule has 0 aliphatic carbocycles. The third-order valence-corrected chi connectivity index (χ3v) is 3.77. The summed E-state index contributed by atoms with van der Waals surface area (Å²) in [5, 5.41) is 10.2. The van der Waals surface area contributed by atoms with E-state index in [1.165, 1.54) is 4.52 Å². The van der Waals surface area contributed by atoms with Gasteiger partial charge in [0.1, 0.15) is 5.82 Å². The molecular formula is C13H16F3N5. The van der Waals surface area contributed by atoms with Crippen molar-refractivity contribution in [1.29, 1.82) is 0 Å². The quantitative estimate of drug-likeness (QED) is 0.892. The van der Waals surface area contributed by atoms with Crippen LogP contribution < -0.4 is 10.6 Å². The van der Waals surface area contributed by atoms with Crippen LogP contribution in [0.2, 0.25) is 0 Å². The van der Waals surface area contributed by atoms with Crippen LogP contribution in [0.4, 0.5) is 19.0 Å². The molecule has 21 heavy (non-hydrogen) atoms. The van der Waals surface area contributed by atoms with E-state index >= 15 is 0 Å². The number of aromatic nitrogens is 3. The molecule has 1 unspecified atom stereocenters. The molecule has 5 nitrogen and oxygen atoms in total. The van der Waals surface area contributed by atoms with Crippen molar-refractivity contribution in [2.24, 2.45) is 0 Å². The second-order valence-electron chi connectivity index (χ2n) is 5.30. The molecule has 1 aliphatic rings. The van der Waals surface area contributed by atoms with Crippen LogP contribution >= 0.6 is 0 Å². The third kappa shape index (κ3) is 2.55. The van der Waals surface area contributed by atoms with E-state index in [2.05, 4.69) is 20.7 Å². The first kappa shape index (κ1) is 14.1. The van der Waals surface area contributed by atoms with Crippen molar-refractivity contribution in [3.63, 3.8) is 0 Å². The van der Waals surface area contributed by atoms with Gasteiger partial charge in [0.05, 0.1) is 0 Å². The Bertz CT molecular complexity index is 670. The van der Waals surface area contributed by atoms with Crippen molar-refractivity contribution in [1.82, 2.24) is 19.9 Å². The Morgan fingerprint density at radius 2 is 2.14 bits per heavy atom. The maximum Gasteiger partial charge on any atom is 0.435 e. The van der Waals surface area contributed by atoms with Gasteiger partial charge in [0.25, 0.3) is 0 Å². The Balaban J connectivity index is 2.11. The van der Waals surface area contributed by atoms with Gasteiger partial charge in [-0.3, -0.25) is 0 Å². The van der Waals surface area contributed by atoms with Crippen molar-refractivity contribution in [3.8, 4) is 0 Å². The first-order valence-electron chi connectivity index (χ1n) is 6.77. The van der Waals surface area contributed by atoms with Crippen LogP contribution in [0.1, 0.15) is 23.4 Å². The third-order valence-electron chi connectivity index (χ3n) is 3.77. The number of anilines is 1. The molecule has 1 atom stereocenters. The molecular weight excluding hydrogens is 283 g/mol. The molecule has 0 radical (unpaired) electrons. The molecule has 1 fully saturated rings. The number of nitrogens with one attached hydrogen (secondary N) is 2. The summed E-state index contributed by atoms with van der Waals surface area (Å²) in [7, 11) is 0. The highest BCUT2D eigenvalue weighted by Crippen LogP contribution is 2.30. The summed E-state index contributed by atoms with van der Waals surface area (Å²) in [6.07, 6.45) is -3.54. The molecule has 2 N–H and O–H groups in total. The Labute approximate surface area is 119 Å². The van der Waals surface area contributed by atoms with Crippen LogP contribution in [-0.2, 0) is 6.18 Å². The van der Waals surface area contributed by atoms with Crippen LogP contribution in [-0.4, -0.2) is 33.7 Å². The Kier molecular flexibility index (Phi) is 3.27. The SMILES string of the molecule is Cc1nc2cc(C(F)(F)F)nn2c(NC2CCNC2)c1C. The highest BCUT2D eigenvalue weighted by Gasteiger charge is 2.35. The van der Waals surface area contributed by atoms with Crippen LogP contribution in [0, 0.1) is 13.8 Å². The number of aryl methyl sites for hydroxylation is 1. The van der Waals surface area contributed by atoms with Gasteiger partial charge in [-0.05, 0) is 26.8 Å². The molecule has 0 spiro atoms. The zero-order chi connectivity index (χ0) is 15.2. The van der Waals surface area contributed by atoms with Crippen LogP contribution in [0.5, 0.6) is 0 Å². The summed E-state index contributed by atoms with van der Waals surface area (Å²) in [5.74, 6) is 0.585. The van der Waals surface area contributed by atoms with Gasteiger partial charge in [0, 0.05) is 29.9 Å². The molecule has 8 heteroatoms. The summed E-state index contributed by atoms with van der Waals surface area (Å²) >= 11 is 0. The highest BCUT2D eigenvalue weighted by atomic mass is 19.4. The molecule has 1 aliphatic heterocycles. The van der Waals surface area contributed by atoms with Gasteiger partial charge < -0.3 is 10.6 Å². The molecule has 3 heterocycles. The van der Waals surface area contributed by atoms with Gasteiger partial charge in [-0.2, -0.15) is 22.8 Å². The fourth-order valence-corrected chi connectivity index (χ4v) is 2.48.